The molecule has 1 atom stereocenters. The van der Waals surface area contributed by atoms with Crippen molar-refractivity contribution in [2.75, 3.05) is 30.8 Å². The van der Waals surface area contributed by atoms with Crippen LogP contribution in [-0.2, 0) is 16.0 Å². The van der Waals surface area contributed by atoms with Crippen molar-refractivity contribution in [3.05, 3.63) is 29.8 Å². The summed E-state index contributed by atoms with van der Waals surface area (Å²) < 4.78 is 0. The minimum Gasteiger partial charge on any atom is -0.340 e. The predicted molar refractivity (Wildman–Crippen MR) is 81.0 cm³/mol. The third-order valence-corrected chi connectivity index (χ3v) is 5.10. The van der Waals surface area contributed by atoms with E-state index in [1.54, 1.807) is 4.90 Å². The molecule has 2 aliphatic heterocycles. The molecule has 0 aromatic heterocycles. The minimum absolute atomic E-state index is 0.0279. The van der Waals surface area contributed by atoms with Gasteiger partial charge in [-0.3, -0.25) is 9.59 Å². The molecule has 1 fully saturated rings. The van der Waals surface area contributed by atoms with Gasteiger partial charge in [0.05, 0.1) is 6.42 Å². The van der Waals surface area contributed by atoms with Crippen LogP contribution in [0.1, 0.15) is 12.0 Å². The van der Waals surface area contributed by atoms with Crippen molar-refractivity contribution in [1.82, 2.24) is 4.90 Å². The number of rotatable bonds is 3. The number of hydrogen-bond acceptors (Lipinski definition) is 3. The van der Waals surface area contributed by atoms with Crippen LogP contribution in [0.2, 0.25) is 0 Å². The first kappa shape index (κ1) is 13.5. The van der Waals surface area contributed by atoms with E-state index >= 15 is 0 Å². The normalized spacial score (nSPS) is 21.4. The minimum atomic E-state index is 0.0279. The van der Waals surface area contributed by atoms with E-state index in [-0.39, 0.29) is 18.4 Å². The Hall–Kier alpha value is -1.49. The molecule has 0 bridgehead atoms. The zero-order valence-electron chi connectivity index (χ0n) is 11.5. The molecule has 5 heteroatoms. The van der Waals surface area contributed by atoms with Gasteiger partial charge in [-0.15, -0.1) is 0 Å². The van der Waals surface area contributed by atoms with Crippen molar-refractivity contribution in [3.63, 3.8) is 0 Å². The van der Waals surface area contributed by atoms with E-state index in [9.17, 15) is 9.59 Å². The first-order valence-corrected chi connectivity index (χ1v) is 8.16. The molecule has 3 rings (SSSR count). The van der Waals surface area contributed by atoms with E-state index in [2.05, 4.69) is 6.26 Å². The quantitative estimate of drug-likeness (QED) is 0.848. The Labute approximate surface area is 123 Å². The predicted octanol–water partition coefficient (Wildman–Crippen LogP) is 1.54. The van der Waals surface area contributed by atoms with E-state index in [1.807, 2.05) is 40.9 Å². The molecule has 1 aromatic rings. The topological polar surface area (TPSA) is 40.6 Å². The van der Waals surface area contributed by atoms with Gasteiger partial charge in [0, 0.05) is 24.0 Å². The SMILES string of the molecule is CSC1CCN(C(=O)CN2C(=O)Cc3ccccc32)C1. The van der Waals surface area contributed by atoms with Gasteiger partial charge < -0.3 is 9.80 Å². The van der Waals surface area contributed by atoms with Crippen molar-refractivity contribution in [2.24, 2.45) is 0 Å². The lowest BCUT2D eigenvalue weighted by atomic mass is 10.2. The molecule has 0 aliphatic carbocycles. The Morgan fingerprint density at radius 2 is 2.20 bits per heavy atom. The Balaban J connectivity index is 1.69. The van der Waals surface area contributed by atoms with E-state index in [0.717, 1.165) is 30.8 Å². The Kier molecular flexibility index (Phi) is 3.70. The Bertz CT molecular complexity index is 546. The van der Waals surface area contributed by atoms with Crippen molar-refractivity contribution < 1.29 is 9.59 Å². The van der Waals surface area contributed by atoms with E-state index in [4.69, 9.17) is 0 Å². The van der Waals surface area contributed by atoms with Crippen molar-refractivity contribution >= 4 is 29.3 Å². The molecule has 1 saturated heterocycles. The lowest BCUT2D eigenvalue weighted by Gasteiger charge is -2.22. The molecule has 0 spiro atoms. The molecule has 2 heterocycles. The molecule has 0 saturated carbocycles. The molecule has 20 heavy (non-hydrogen) atoms. The van der Waals surface area contributed by atoms with Crippen LogP contribution < -0.4 is 4.90 Å². The second-order valence-corrected chi connectivity index (χ2v) is 6.41. The first-order valence-electron chi connectivity index (χ1n) is 6.88. The van der Waals surface area contributed by atoms with Crippen molar-refractivity contribution in [1.29, 1.82) is 0 Å². The molecular formula is C15H18N2O2S. The van der Waals surface area contributed by atoms with Gasteiger partial charge in [0.15, 0.2) is 0 Å². The highest BCUT2D eigenvalue weighted by atomic mass is 32.2. The lowest BCUT2D eigenvalue weighted by Crippen LogP contribution is -2.40. The third-order valence-electron chi connectivity index (χ3n) is 4.05. The van der Waals surface area contributed by atoms with E-state index in [1.165, 1.54) is 0 Å². The summed E-state index contributed by atoms with van der Waals surface area (Å²) >= 11 is 1.81. The largest absolute Gasteiger partial charge is 0.340 e. The summed E-state index contributed by atoms with van der Waals surface area (Å²) in [5, 5.41) is 0.542. The number of carbonyl (C=O) groups excluding carboxylic acids is 2. The smallest absolute Gasteiger partial charge is 0.242 e. The second-order valence-electron chi connectivity index (χ2n) is 5.27. The Morgan fingerprint density at radius 3 is 2.95 bits per heavy atom. The summed E-state index contributed by atoms with van der Waals surface area (Å²) in [6.07, 6.45) is 3.55. The average Bonchev–Trinajstić information content (AvgIpc) is 3.04. The number of anilines is 1. The number of benzene rings is 1. The van der Waals surface area contributed by atoms with Gasteiger partial charge in [0.1, 0.15) is 6.54 Å². The zero-order valence-corrected chi connectivity index (χ0v) is 12.4. The standard InChI is InChI=1S/C15H18N2O2S/c1-20-12-6-7-16(9-12)15(19)10-17-13-5-3-2-4-11(13)8-14(17)18/h2-5,12H,6-10H2,1H3. The molecule has 4 nitrogen and oxygen atoms in total. The number of nitrogens with zero attached hydrogens (tertiary/aromatic N) is 2. The van der Waals surface area contributed by atoms with Gasteiger partial charge in [0.25, 0.3) is 0 Å². The molecule has 0 radical (unpaired) electrons. The zero-order chi connectivity index (χ0) is 14.1. The first-order chi connectivity index (χ1) is 9.69. The average molecular weight is 290 g/mol. The maximum Gasteiger partial charge on any atom is 0.242 e. The van der Waals surface area contributed by atoms with Crippen LogP contribution in [0.3, 0.4) is 0 Å². The van der Waals surface area contributed by atoms with Crippen LogP contribution in [-0.4, -0.2) is 47.9 Å². The Morgan fingerprint density at radius 1 is 1.40 bits per heavy atom. The van der Waals surface area contributed by atoms with Gasteiger partial charge in [-0.25, -0.2) is 0 Å². The number of thioether (sulfide) groups is 1. The van der Waals surface area contributed by atoms with Gasteiger partial charge in [-0.05, 0) is 24.3 Å². The van der Waals surface area contributed by atoms with Crippen LogP contribution in [0.25, 0.3) is 0 Å². The van der Waals surface area contributed by atoms with Gasteiger partial charge in [-0.2, -0.15) is 11.8 Å². The lowest BCUT2D eigenvalue weighted by molar-refractivity contribution is -0.130. The fourth-order valence-electron chi connectivity index (χ4n) is 2.87. The van der Waals surface area contributed by atoms with E-state index in [0.29, 0.717) is 11.7 Å². The summed E-state index contributed by atoms with van der Waals surface area (Å²) in [5.74, 6) is 0.0896. The molecule has 1 aromatic carbocycles. The molecule has 0 N–H and O–H groups in total. The fraction of sp³-hybridized carbons (Fsp3) is 0.467. The van der Waals surface area contributed by atoms with Crippen LogP contribution in [0.4, 0.5) is 5.69 Å². The van der Waals surface area contributed by atoms with Crippen molar-refractivity contribution in [3.8, 4) is 0 Å². The maximum atomic E-state index is 12.3. The van der Waals surface area contributed by atoms with Crippen LogP contribution in [0.5, 0.6) is 0 Å². The maximum absolute atomic E-state index is 12.3. The van der Waals surface area contributed by atoms with Crippen LogP contribution in [0.15, 0.2) is 24.3 Å². The monoisotopic (exact) mass is 290 g/mol. The molecule has 2 aliphatic rings. The molecular weight excluding hydrogens is 272 g/mol. The third kappa shape index (κ3) is 2.42. The van der Waals surface area contributed by atoms with Crippen LogP contribution in [0, 0.1) is 0 Å². The highest BCUT2D eigenvalue weighted by Crippen LogP contribution is 2.28. The number of hydrogen-bond donors (Lipinski definition) is 0. The number of carbonyl (C=O) groups is 2. The van der Waals surface area contributed by atoms with E-state index < -0.39 is 0 Å². The highest BCUT2D eigenvalue weighted by molar-refractivity contribution is 7.99. The number of amides is 2. The summed E-state index contributed by atoms with van der Waals surface area (Å²) in [6.45, 7) is 1.80. The van der Waals surface area contributed by atoms with Crippen LogP contribution >= 0.6 is 11.8 Å². The van der Waals surface area contributed by atoms with Crippen molar-refractivity contribution in [2.45, 2.75) is 18.1 Å². The molecule has 1 unspecified atom stereocenters. The second kappa shape index (κ2) is 5.48. The molecule has 2 amide bonds. The van der Waals surface area contributed by atoms with Gasteiger partial charge >= 0.3 is 0 Å². The summed E-state index contributed by atoms with van der Waals surface area (Å²) in [4.78, 5) is 27.9. The summed E-state index contributed by atoms with van der Waals surface area (Å²) in [5.41, 5.74) is 1.92. The number of para-hydroxylation sites is 1. The number of likely N-dealkylation sites (tertiary alicyclic amines) is 1. The summed E-state index contributed by atoms with van der Waals surface area (Å²) in [6, 6.07) is 7.72. The molecule has 106 valence electrons. The highest BCUT2D eigenvalue weighted by Gasteiger charge is 2.32. The van der Waals surface area contributed by atoms with Gasteiger partial charge in [-0.1, -0.05) is 18.2 Å². The number of fused-ring (bicyclic) bond motifs is 1. The fourth-order valence-corrected chi connectivity index (χ4v) is 3.54. The summed E-state index contributed by atoms with van der Waals surface area (Å²) in [7, 11) is 0. The van der Waals surface area contributed by atoms with Gasteiger partial charge in [0.2, 0.25) is 11.8 Å².